The highest BCUT2D eigenvalue weighted by atomic mass is 16.2. The summed E-state index contributed by atoms with van der Waals surface area (Å²) in [6, 6.07) is 4.06. The predicted molar refractivity (Wildman–Crippen MR) is 89.0 cm³/mol. The molecule has 3 rings (SSSR count). The van der Waals surface area contributed by atoms with Gasteiger partial charge in [0.2, 0.25) is 5.91 Å². The van der Waals surface area contributed by atoms with Crippen molar-refractivity contribution in [2.45, 2.75) is 53.1 Å². The molecule has 2 aromatic heterocycles. The van der Waals surface area contributed by atoms with Gasteiger partial charge in [-0.15, -0.1) is 0 Å². The summed E-state index contributed by atoms with van der Waals surface area (Å²) in [5.74, 6) is 0.506. The molecule has 0 saturated heterocycles. The lowest BCUT2D eigenvalue weighted by Crippen LogP contribution is -2.33. The van der Waals surface area contributed by atoms with Gasteiger partial charge in [-0.2, -0.15) is 5.10 Å². The van der Waals surface area contributed by atoms with Crippen LogP contribution in [0.2, 0.25) is 0 Å². The highest BCUT2D eigenvalue weighted by molar-refractivity contribution is 5.76. The number of amides is 1. The minimum absolute atomic E-state index is 0.00388. The summed E-state index contributed by atoms with van der Waals surface area (Å²) in [5.41, 5.74) is 5.31. The first-order valence-electron chi connectivity index (χ1n) is 8.18. The highest BCUT2D eigenvalue weighted by Gasteiger charge is 2.34. The molecule has 1 amide bonds. The van der Waals surface area contributed by atoms with Crippen molar-refractivity contribution < 1.29 is 4.79 Å². The Balaban J connectivity index is 1.73. The van der Waals surface area contributed by atoms with Gasteiger partial charge in [0.05, 0.1) is 17.4 Å². The smallest absolute Gasteiger partial charge is 0.242 e. The van der Waals surface area contributed by atoms with E-state index >= 15 is 0 Å². The van der Waals surface area contributed by atoms with E-state index in [4.69, 9.17) is 0 Å². The number of carbonyl (C=O) groups excluding carboxylic acids is 1. The molecule has 5 heteroatoms. The van der Waals surface area contributed by atoms with Gasteiger partial charge in [-0.25, -0.2) is 0 Å². The molecule has 1 N–H and O–H groups in total. The molecule has 1 atom stereocenters. The molecule has 1 fully saturated rings. The summed E-state index contributed by atoms with van der Waals surface area (Å²) in [4.78, 5) is 16.9. The fraction of sp³-hybridized carbons (Fsp3) is 0.500. The summed E-state index contributed by atoms with van der Waals surface area (Å²) in [6.07, 6.45) is 4.12. The van der Waals surface area contributed by atoms with Crippen LogP contribution in [0.1, 0.15) is 47.1 Å². The fourth-order valence-corrected chi connectivity index (χ4v) is 2.89. The van der Waals surface area contributed by atoms with Crippen molar-refractivity contribution in [2.24, 2.45) is 5.92 Å². The molecule has 0 aromatic carbocycles. The van der Waals surface area contributed by atoms with E-state index in [1.165, 1.54) is 5.56 Å². The molecule has 122 valence electrons. The van der Waals surface area contributed by atoms with Crippen LogP contribution in [-0.4, -0.2) is 20.7 Å². The lowest BCUT2D eigenvalue weighted by atomic mass is 10.1. The molecule has 0 bridgehead atoms. The number of hydrogen-bond donors (Lipinski definition) is 1. The van der Waals surface area contributed by atoms with Crippen molar-refractivity contribution in [2.75, 3.05) is 0 Å². The van der Waals surface area contributed by atoms with Gasteiger partial charge in [0.15, 0.2) is 0 Å². The first-order valence-corrected chi connectivity index (χ1v) is 8.18. The van der Waals surface area contributed by atoms with Crippen LogP contribution in [0, 0.1) is 33.6 Å². The van der Waals surface area contributed by atoms with E-state index in [1.807, 2.05) is 33.0 Å². The van der Waals surface area contributed by atoms with Gasteiger partial charge in [-0.1, -0.05) is 0 Å². The molecule has 0 spiro atoms. The average molecular weight is 312 g/mol. The molecular weight excluding hydrogens is 288 g/mol. The Morgan fingerprint density at radius 1 is 1.35 bits per heavy atom. The SMILES string of the molecule is Cc1ccnc(C(NC(=O)Cn2nc(C)c(C)c2C)C2CC2)c1. The number of nitrogens with one attached hydrogen (secondary N) is 1. The molecule has 1 saturated carbocycles. The van der Waals surface area contributed by atoms with Gasteiger partial charge < -0.3 is 5.32 Å². The van der Waals surface area contributed by atoms with Crippen LogP contribution < -0.4 is 5.32 Å². The number of carbonyl (C=O) groups is 1. The number of aromatic nitrogens is 3. The van der Waals surface area contributed by atoms with Crippen LogP contribution in [0.4, 0.5) is 0 Å². The molecule has 0 aliphatic heterocycles. The van der Waals surface area contributed by atoms with Crippen molar-refractivity contribution in [1.29, 1.82) is 0 Å². The Morgan fingerprint density at radius 2 is 2.09 bits per heavy atom. The van der Waals surface area contributed by atoms with Gasteiger partial charge in [0.25, 0.3) is 0 Å². The van der Waals surface area contributed by atoms with E-state index < -0.39 is 0 Å². The van der Waals surface area contributed by atoms with Crippen LogP contribution in [0.3, 0.4) is 0 Å². The number of rotatable bonds is 5. The largest absolute Gasteiger partial charge is 0.346 e. The van der Waals surface area contributed by atoms with Crippen LogP contribution in [0.5, 0.6) is 0 Å². The molecule has 5 nitrogen and oxygen atoms in total. The number of nitrogens with zero attached hydrogens (tertiary/aromatic N) is 3. The lowest BCUT2D eigenvalue weighted by Gasteiger charge is -2.18. The number of aryl methyl sites for hydroxylation is 2. The molecule has 23 heavy (non-hydrogen) atoms. The average Bonchev–Trinajstić information content (AvgIpc) is 3.31. The van der Waals surface area contributed by atoms with Crippen molar-refractivity contribution in [3.05, 3.63) is 46.5 Å². The Morgan fingerprint density at radius 3 is 2.65 bits per heavy atom. The zero-order valence-corrected chi connectivity index (χ0v) is 14.3. The first-order chi connectivity index (χ1) is 11.0. The topological polar surface area (TPSA) is 59.8 Å². The van der Waals surface area contributed by atoms with E-state index in [0.29, 0.717) is 5.92 Å². The standard InChI is InChI=1S/C18H24N4O/c1-11-7-8-19-16(9-11)18(15-5-6-15)20-17(23)10-22-14(4)12(2)13(3)21-22/h7-9,15,18H,5-6,10H2,1-4H3,(H,20,23). The zero-order chi connectivity index (χ0) is 16.6. The van der Waals surface area contributed by atoms with Crippen molar-refractivity contribution in [3.8, 4) is 0 Å². The van der Waals surface area contributed by atoms with Crippen molar-refractivity contribution in [1.82, 2.24) is 20.1 Å². The van der Waals surface area contributed by atoms with Crippen LogP contribution in [-0.2, 0) is 11.3 Å². The maximum Gasteiger partial charge on any atom is 0.242 e. The van der Waals surface area contributed by atoms with Crippen molar-refractivity contribution >= 4 is 5.91 Å². The van der Waals surface area contributed by atoms with E-state index in [1.54, 1.807) is 4.68 Å². The van der Waals surface area contributed by atoms with Crippen LogP contribution in [0.25, 0.3) is 0 Å². The first kappa shape index (κ1) is 15.7. The van der Waals surface area contributed by atoms with Crippen molar-refractivity contribution in [3.63, 3.8) is 0 Å². The molecule has 1 aliphatic carbocycles. The predicted octanol–water partition coefficient (Wildman–Crippen LogP) is 2.78. The highest BCUT2D eigenvalue weighted by Crippen LogP contribution is 2.40. The molecule has 2 heterocycles. The van der Waals surface area contributed by atoms with E-state index in [0.717, 1.165) is 35.5 Å². The lowest BCUT2D eigenvalue weighted by molar-refractivity contribution is -0.122. The minimum atomic E-state index is -0.00388. The second-order valence-corrected chi connectivity index (χ2v) is 6.59. The quantitative estimate of drug-likeness (QED) is 0.923. The molecule has 0 radical (unpaired) electrons. The van der Waals surface area contributed by atoms with Gasteiger partial charge in [0.1, 0.15) is 6.54 Å². The van der Waals surface area contributed by atoms with E-state index in [9.17, 15) is 4.79 Å². The maximum absolute atomic E-state index is 12.5. The van der Waals surface area contributed by atoms with E-state index in [-0.39, 0.29) is 18.5 Å². The van der Waals surface area contributed by atoms with Gasteiger partial charge in [-0.05, 0) is 69.7 Å². The normalized spacial score (nSPS) is 15.5. The second kappa shape index (κ2) is 6.14. The fourth-order valence-electron chi connectivity index (χ4n) is 2.89. The molecule has 2 aromatic rings. The molecule has 1 aliphatic rings. The Hall–Kier alpha value is -2.17. The van der Waals surface area contributed by atoms with Gasteiger partial charge >= 0.3 is 0 Å². The second-order valence-electron chi connectivity index (χ2n) is 6.59. The minimum Gasteiger partial charge on any atom is -0.346 e. The van der Waals surface area contributed by atoms with Crippen LogP contribution in [0.15, 0.2) is 18.3 Å². The Bertz CT molecular complexity index is 731. The zero-order valence-electron chi connectivity index (χ0n) is 14.3. The third-order valence-corrected chi connectivity index (χ3v) is 4.70. The monoisotopic (exact) mass is 312 g/mol. The maximum atomic E-state index is 12.5. The summed E-state index contributed by atoms with van der Waals surface area (Å²) < 4.78 is 1.79. The summed E-state index contributed by atoms with van der Waals surface area (Å²) in [6.45, 7) is 8.32. The Kier molecular flexibility index (Phi) is 4.20. The van der Waals surface area contributed by atoms with E-state index in [2.05, 4.69) is 28.4 Å². The summed E-state index contributed by atoms with van der Waals surface area (Å²) >= 11 is 0. The van der Waals surface area contributed by atoms with Gasteiger partial charge in [0, 0.05) is 11.9 Å². The van der Waals surface area contributed by atoms with Crippen LogP contribution >= 0.6 is 0 Å². The molecule has 1 unspecified atom stereocenters. The van der Waals surface area contributed by atoms with Gasteiger partial charge in [-0.3, -0.25) is 14.5 Å². The summed E-state index contributed by atoms with van der Waals surface area (Å²) in [7, 11) is 0. The number of hydrogen-bond acceptors (Lipinski definition) is 3. The number of pyridine rings is 1. The Labute approximate surface area is 137 Å². The third-order valence-electron chi connectivity index (χ3n) is 4.70. The summed E-state index contributed by atoms with van der Waals surface area (Å²) in [5, 5.41) is 7.61. The third kappa shape index (κ3) is 3.44. The molecular formula is C18H24N4O.